The molecule has 0 spiro atoms. The summed E-state index contributed by atoms with van der Waals surface area (Å²) in [6, 6.07) is 32.8. The second-order valence-corrected chi connectivity index (χ2v) is 12.1. The van der Waals surface area contributed by atoms with E-state index in [-0.39, 0.29) is 17.7 Å². The van der Waals surface area contributed by atoms with Crippen LogP contribution in [-0.4, -0.2) is 21.7 Å². The molecule has 1 aliphatic heterocycles. The highest BCUT2D eigenvalue weighted by Crippen LogP contribution is 2.35. The van der Waals surface area contributed by atoms with Gasteiger partial charge in [-0.3, -0.25) is 9.36 Å². The Morgan fingerprint density at radius 3 is 2.33 bits per heavy atom. The van der Waals surface area contributed by atoms with Crippen LogP contribution >= 0.6 is 11.3 Å². The van der Waals surface area contributed by atoms with Crippen LogP contribution in [0.25, 0.3) is 22.7 Å². The predicted molar refractivity (Wildman–Crippen MR) is 180 cm³/mol. The minimum atomic E-state index is -0.867. The summed E-state index contributed by atoms with van der Waals surface area (Å²) in [5, 5.41) is 1.04. The molecule has 0 radical (unpaired) electrons. The lowest BCUT2D eigenvalue weighted by atomic mass is 9.93. The zero-order valence-corrected chi connectivity index (χ0v) is 26.1. The van der Waals surface area contributed by atoms with Gasteiger partial charge in [0.1, 0.15) is 5.82 Å². The first-order valence-corrected chi connectivity index (χ1v) is 15.9. The number of halogens is 1. The molecule has 6 aromatic rings. The summed E-state index contributed by atoms with van der Waals surface area (Å²) in [5.74, 6) is -0.989. The molecule has 0 N–H and O–H groups in total. The van der Waals surface area contributed by atoms with Crippen molar-refractivity contribution in [2.24, 2.45) is 4.99 Å². The lowest BCUT2D eigenvalue weighted by Gasteiger charge is -2.25. The fraction of sp³-hybridized carbons (Fsp3) is 0.132. The van der Waals surface area contributed by atoms with Crippen LogP contribution in [0.4, 0.5) is 4.39 Å². The number of esters is 1. The number of ether oxygens (including phenoxy) is 1. The Labute approximate surface area is 268 Å². The van der Waals surface area contributed by atoms with Crippen molar-refractivity contribution in [2.45, 2.75) is 26.4 Å². The molecule has 1 aliphatic rings. The van der Waals surface area contributed by atoms with Crippen molar-refractivity contribution in [3.05, 3.63) is 168 Å². The topological polar surface area (TPSA) is 65.6 Å². The van der Waals surface area contributed by atoms with Crippen molar-refractivity contribution in [2.75, 3.05) is 6.61 Å². The summed E-state index contributed by atoms with van der Waals surface area (Å²) in [6.45, 7) is 4.65. The maximum absolute atomic E-state index is 14.4. The van der Waals surface area contributed by atoms with Gasteiger partial charge in [-0.15, -0.1) is 0 Å². The number of rotatable bonds is 7. The van der Waals surface area contributed by atoms with Gasteiger partial charge < -0.3 is 9.30 Å². The van der Waals surface area contributed by atoms with Gasteiger partial charge in [-0.2, -0.15) is 0 Å². The normalized spacial score (nSPS) is 14.8. The number of para-hydroxylation sites is 1. The molecule has 1 atom stereocenters. The maximum atomic E-state index is 14.4. The van der Waals surface area contributed by atoms with Crippen LogP contribution in [0.3, 0.4) is 0 Å². The Morgan fingerprint density at radius 2 is 1.61 bits per heavy atom. The summed E-state index contributed by atoms with van der Waals surface area (Å²) < 4.78 is 23.9. The van der Waals surface area contributed by atoms with Gasteiger partial charge >= 0.3 is 5.97 Å². The van der Waals surface area contributed by atoms with E-state index in [4.69, 9.17) is 9.73 Å². The minimum absolute atomic E-state index is 0.150. The first-order valence-electron chi connectivity index (χ1n) is 15.1. The number of benzene rings is 4. The number of hydrogen-bond acceptors (Lipinski definition) is 5. The Morgan fingerprint density at radius 1 is 0.935 bits per heavy atom. The monoisotopic (exact) mass is 627 g/mol. The van der Waals surface area contributed by atoms with Crippen LogP contribution in [0.15, 0.2) is 125 Å². The van der Waals surface area contributed by atoms with Crippen LogP contribution in [0.1, 0.15) is 40.9 Å². The van der Waals surface area contributed by atoms with Gasteiger partial charge in [0.15, 0.2) is 4.80 Å². The van der Waals surface area contributed by atoms with Crippen molar-refractivity contribution in [3.63, 3.8) is 0 Å². The lowest BCUT2D eigenvalue weighted by molar-refractivity contribution is -0.138. The molecule has 4 aromatic carbocycles. The molecule has 0 fully saturated rings. The molecule has 7 rings (SSSR count). The molecular weight excluding hydrogens is 598 g/mol. The van der Waals surface area contributed by atoms with Gasteiger partial charge in [-0.05, 0) is 49.2 Å². The molecule has 6 nitrogen and oxygen atoms in total. The number of aromatic nitrogens is 2. The number of hydrogen-bond donors (Lipinski definition) is 0. The fourth-order valence-corrected chi connectivity index (χ4v) is 7.12. The zero-order valence-electron chi connectivity index (χ0n) is 25.3. The van der Waals surface area contributed by atoms with Crippen LogP contribution in [0.5, 0.6) is 0 Å². The number of thiazole rings is 1. The van der Waals surface area contributed by atoms with Crippen molar-refractivity contribution in [3.8, 4) is 0 Å². The molecule has 2 aromatic heterocycles. The van der Waals surface area contributed by atoms with Crippen molar-refractivity contribution in [1.29, 1.82) is 0 Å². The molecule has 228 valence electrons. The maximum Gasteiger partial charge on any atom is 0.338 e. The van der Waals surface area contributed by atoms with Crippen LogP contribution in [0, 0.1) is 12.7 Å². The van der Waals surface area contributed by atoms with E-state index in [9.17, 15) is 14.0 Å². The number of nitrogens with zero attached hydrogens (tertiary/aromatic N) is 3. The van der Waals surface area contributed by atoms with E-state index in [1.165, 1.54) is 29.0 Å². The summed E-state index contributed by atoms with van der Waals surface area (Å²) >= 11 is 1.27. The smallest absolute Gasteiger partial charge is 0.338 e. The van der Waals surface area contributed by atoms with E-state index in [1.807, 2.05) is 66.7 Å². The van der Waals surface area contributed by atoms with Gasteiger partial charge in [-0.25, -0.2) is 14.2 Å². The Bertz CT molecular complexity index is 2300. The number of carbonyl (C=O) groups excluding carboxylic acids is 1. The van der Waals surface area contributed by atoms with Crippen LogP contribution < -0.4 is 14.9 Å². The molecule has 0 saturated carbocycles. The van der Waals surface area contributed by atoms with Gasteiger partial charge in [0.25, 0.3) is 5.56 Å². The van der Waals surface area contributed by atoms with E-state index >= 15 is 0 Å². The summed E-state index contributed by atoms with van der Waals surface area (Å²) in [7, 11) is 0. The van der Waals surface area contributed by atoms with E-state index < -0.39 is 17.8 Å². The van der Waals surface area contributed by atoms with E-state index in [1.54, 1.807) is 23.6 Å². The van der Waals surface area contributed by atoms with E-state index in [0.29, 0.717) is 27.1 Å². The largest absolute Gasteiger partial charge is 0.463 e. The second kappa shape index (κ2) is 12.2. The zero-order chi connectivity index (χ0) is 31.8. The lowest BCUT2D eigenvalue weighted by Crippen LogP contribution is -2.40. The first kappa shape index (κ1) is 29.4. The summed E-state index contributed by atoms with van der Waals surface area (Å²) in [6.07, 6.45) is 1.93. The van der Waals surface area contributed by atoms with Gasteiger partial charge in [-0.1, -0.05) is 102 Å². The highest BCUT2D eigenvalue weighted by Gasteiger charge is 2.35. The molecule has 0 aliphatic carbocycles. The number of carbonyl (C=O) groups is 1. The Hall–Kier alpha value is -5.34. The third-order valence-corrected chi connectivity index (χ3v) is 9.28. The average molecular weight is 628 g/mol. The van der Waals surface area contributed by atoms with Gasteiger partial charge in [0.2, 0.25) is 0 Å². The molecular formula is C38H30FN3O3S. The van der Waals surface area contributed by atoms with Crippen molar-refractivity contribution < 1.29 is 13.9 Å². The molecule has 3 heterocycles. The van der Waals surface area contributed by atoms with E-state index in [0.717, 1.165) is 27.7 Å². The van der Waals surface area contributed by atoms with Crippen molar-refractivity contribution in [1.82, 2.24) is 9.13 Å². The standard InChI is InChI=1S/C38H30FN3O3S/c1-3-45-37(44)33-34(26-14-8-5-9-15-26)40-38-42(35(33)27-18-20-28(39)21-19-27)36(43)32(46-38)22-30-24(2)41(23-25-12-6-4-7-13-25)31-17-11-10-16-29(30)31/h4-22,35H,3,23H2,1-2H3/b32-22-/t35-/m0/s1. The van der Waals surface area contributed by atoms with Gasteiger partial charge in [0.05, 0.1) is 28.5 Å². The second-order valence-electron chi connectivity index (χ2n) is 11.1. The molecule has 0 bridgehead atoms. The van der Waals surface area contributed by atoms with E-state index in [2.05, 4.69) is 35.8 Å². The molecule has 8 heteroatoms. The number of fused-ring (bicyclic) bond motifs is 2. The summed E-state index contributed by atoms with van der Waals surface area (Å²) in [4.78, 5) is 33.4. The third kappa shape index (κ3) is 5.20. The SMILES string of the molecule is CCOC(=O)C1=C(c2ccccc2)N=c2s/c(=C\c3c(C)n(Cc4ccccc4)c4ccccc34)c(=O)n2[C@H]1c1ccc(F)cc1. The quantitative estimate of drug-likeness (QED) is 0.193. The molecule has 0 amide bonds. The Balaban J connectivity index is 1.48. The van der Waals surface area contributed by atoms with Crippen molar-refractivity contribution >= 4 is 40.0 Å². The fourth-order valence-electron chi connectivity index (χ4n) is 6.14. The molecule has 0 saturated heterocycles. The average Bonchev–Trinajstić information content (AvgIpc) is 3.54. The first-order chi connectivity index (χ1) is 22.4. The predicted octanol–water partition coefficient (Wildman–Crippen LogP) is 6.39. The third-order valence-electron chi connectivity index (χ3n) is 8.30. The molecule has 0 unspecified atom stereocenters. The Kier molecular flexibility index (Phi) is 7.80. The van der Waals surface area contributed by atoms with Crippen LogP contribution in [0.2, 0.25) is 0 Å². The summed E-state index contributed by atoms with van der Waals surface area (Å²) in [5.41, 5.74) is 5.90. The highest BCUT2D eigenvalue weighted by molar-refractivity contribution is 7.07. The molecule has 46 heavy (non-hydrogen) atoms. The highest BCUT2D eigenvalue weighted by atomic mass is 32.1. The van der Waals surface area contributed by atoms with Gasteiger partial charge in [0, 0.05) is 34.3 Å². The minimum Gasteiger partial charge on any atom is -0.463 e. The van der Waals surface area contributed by atoms with Crippen LogP contribution in [-0.2, 0) is 16.1 Å².